The summed E-state index contributed by atoms with van der Waals surface area (Å²) in [7, 11) is 0. The molecule has 0 bridgehead atoms. The minimum atomic E-state index is -0.835. The van der Waals surface area contributed by atoms with E-state index in [1.165, 1.54) is 41.3 Å². The topological polar surface area (TPSA) is 85.4 Å². The summed E-state index contributed by atoms with van der Waals surface area (Å²) < 4.78 is 31.7. The van der Waals surface area contributed by atoms with Crippen LogP contribution in [0.5, 0.6) is 0 Å². The van der Waals surface area contributed by atoms with Crippen molar-refractivity contribution < 1.29 is 27.9 Å². The van der Waals surface area contributed by atoms with E-state index in [0.717, 1.165) is 38.4 Å². The van der Waals surface area contributed by atoms with Gasteiger partial charge in [0.1, 0.15) is 17.7 Å². The van der Waals surface area contributed by atoms with Gasteiger partial charge in [-0.05, 0) is 105 Å². The SMILES string of the molecule is CCOC(=O)c1ccc(N2C(=O)[C@@H](CC(=O)Nc3ccc(F)cc3)N(CCCN3CCN(c4ccc(F)cc4)CC3)C2=S)cc1. The summed E-state index contributed by atoms with van der Waals surface area (Å²) in [4.78, 5) is 46.7. The van der Waals surface area contributed by atoms with Crippen LogP contribution in [0.1, 0.15) is 30.1 Å². The molecule has 2 heterocycles. The first-order chi connectivity index (χ1) is 21.7. The summed E-state index contributed by atoms with van der Waals surface area (Å²) in [5, 5.41) is 3.02. The molecule has 2 saturated heterocycles. The maximum absolute atomic E-state index is 13.8. The van der Waals surface area contributed by atoms with Gasteiger partial charge in [0, 0.05) is 44.1 Å². The van der Waals surface area contributed by atoms with Crippen molar-refractivity contribution in [2.24, 2.45) is 0 Å². The summed E-state index contributed by atoms with van der Waals surface area (Å²) in [6.07, 6.45) is 0.555. The van der Waals surface area contributed by atoms with Gasteiger partial charge >= 0.3 is 5.97 Å². The van der Waals surface area contributed by atoms with Crippen LogP contribution in [0.3, 0.4) is 0 Å². The van der Waals surface area contributed by atoms with Crippen LogP contribution >= 0.6 is 12.2 Å². The molecule has 0 unspecified atom stereocenters. The molecule has 2 fully saturated rings. The predicted molar refractivity (Wildman–Crippen MR) is 172 cm³/mol. The predicted octanol–water partition coefficient (Wildman–Crippen LogP) is 4.68. The molecule has 1 atom stereocenters. The Morgan fingerprint density at radius 2 is 1.47 bits per heavy atom. The van der Waals surface area contributed by atoms with Crippen LogP contribution in [0.25, 0.3) is 0 Å². The molecule has 1 N–H and O–H groups in total. The fourth-order valence-corrected chi connectivity index (χ4v) is 5.97. The third-order valence-electron chi connectivity index (χ3n) is 7.90. The highest BCUT2D eigenvalue weighted by Crippen LogP contribution is 2.28. The van der Waals surface area contributed by atoms with E-state index in [9.17, 15) is 23.2 Å². The normalized spacial score (nSPS) is 17.1. The van der Waals surface area contributed by atoms with Gasteiger partial charge in [0.25, 0.3) is 5.91 Å². The van der Waals surface area contributed by atoms with Crippen LogP contribution in [0.15, 0.2) is 72.8 Å². The van der Waals surface area contributed by atoms with Gasteiger partial charge in [-0.1, -0.05) is 0 Å². The molecule has 3 aromatic rings. The lowest BCUT2D eigenvalue weighted by atomic mass is 10.1. The van der Waals surface area contributed by atoms with Crippen LogP contribution < -0.4 is 15.1 Å². The van der Waals surface area contributed by atoms with Crippen LogP contribution in [0.4, 0.5) is 25.8 Å². The van der Waals surface area contributed by atoms with Crippen molar-refractivity contribution in [3.63, 3.8) is 0 Å². The Kier molecular flexibility index (Phi) is 10.4. The van der Waals surface area contributed by atoms with Gasteiger partial charge in [0.05, 0.1) is 24.3 Å². The van der Waals surface area contributed by atoms with Gasteiger partial charge in [-0.25, -0.2) is 13.6 Å². The highest BCUT2D eigenvalue weighted by atomic mass is 32.1. The molecule has 0 aliphatic carbocycles. The molecule has 0 radical (unpaired) electrons. The molecule has 0 aromatic heterocycles. The number of nitrogens with one attached hydrogen (secondary N) is 1. The second kappa shape index (κ2) is 14.6. The van der Waals surface area contributed by atoms with Crippen molar-refractivity contribution in [1.82, 2.24) is 9.80 Å². The lowest BCUT2D eigenvalue weighted by Crippen LogP contribution is -2.47. The van der Waals surface area contributed by atoms with E-state index in [4.69, 9.17) is 17.0 Å². The molecular weight excluding hydrogens is 600 g/mol. The Bertz CT molecular complexity index is 1510. The van der Waals surface area contributed by atoms with Crippen LogP contribution in [-0.4, -0.2) is 84.6 Å². The molecule has 2 aliphatic rings. The summed E-state index contributed by atoms with van der Waals surface area (Å²) in [6.45, 7) is 6.49. The van der Waals surface area contributed by atoms with Crippen molar-refractivity contribution in [1.29, 1.82) is 0 Å². The summed E-state index contributed by atoms with van der Waals surface area (Å²) in [5.74, 6) is -1.88. The molecular formula is C33H35F2N5O4S. The van der Waals surface area contributed by atoms with E-state index in [-0.39, 0.29) is 29.9 Å². The number of hydrogen-bond donors (Lipinski definition) is 1. The first-order valence-corrected chi connectivity index (χ1v) is 15.3. The Morgan fingerprint density at radius 1 is 0.867 bits per heavy atom. The number of halogens is 2. The molecule has 5 rings (SSSR count). The quantitative estimate of drug-likeness (QED) is 0.240. The zero-order valence-electron chi connectivity index (χ0n) is 25.0. The van der Waals surface area contributed by atoms with Crippen molar-refractivity contribution >= 4 is 52.2 Å². The van der Waals surface area contributed by atoms with E-state index < -0.39 is 23.7 Å². The number of thiocarbonyl (C=S) groups is 1. The fraction of sp³-hybridized carbons (Fsp3) is 0.333. The summed E-state index contributed by atoms with van der Waals surface area (Å²) >= 11 is 5.79. The third kappa shape index (κ3) is 7.81. The number of nitrogens with zero attached hydrogens (tertiary/aromatic N) is 4. The Labute approximate surface area is 266 Å². The molecule has 2 aliphatic heterocycles. The number of benzene rings is 3. The molecule has 0 saturated carbocycles. The van der Waals surface area contributed by atoms with Gasteiger partial charge < -0.3 is 19.9 Å². The van der Waals surface area contributed by atoms with Crippen LogP contribution in [-0.2, 0) is 14.3 Å². The lowest BCUT2D eigenvalue weighted by Gasteiger charge is -2.36. The van der Waals surface area contributed by atoms with Crippen molar-refractivity contribution in [3.05, 3.63) is 90.0 Å². The number of piperazine rings is 1. The van der Waals surface area contributed by atoms with E-state index in [2.05, 4.69) is 15.1 Å². The third-order valence-corrected chi connectivity index (χ3v) is 8.32. The first-order valence-electron chi connectivity index (χ1n) is 14.9. The molecule has 3 aromatic carbocycles. The highest BCUT2D eigenvalue weighted by molar-refractivity contribution is 7.80. The lowest BCUT2D eigenvalue weighted by molar-refractivity contribution is -0.124. The standard InChI is InChI=1S/C33H35F2N5O4S/c1-2-44-32(43)23-4-12-28(13-5-23)40-31(42)29(22-30(41)36-26-10-6-24(34)7-11-26)39(33(40)45)17-3-16-37-18-20-38(21-19-37)27-14-8-25(35)9-15-27/h4-15,29H,2-3,16-22H2,1H3,(H,36,41)/t29-/m1/s1. The first kappa shape index (κ1) is 32.0. The molecule has 0 spiro atoms. The molecule has 236 valence electrons. The largest absolute Gasteiger partial charge is 0.462 e. The van der Waals surface area contributed by atoms with Crippen molar-refractivity contribution in [2.45, 2.75) is 25.8 Å². The fourth-order valence-electron chi connectivity index (χ4n) is 5.55. The van der Waals surface area contributed by atoms with E-state index in [1.807, 2.05) is 0 Å². The van der Waals surface area contributed by atoms with Crippen molar-refractivity contribution in [2.75, 3.05) is 61.0 Å². The maximum atomic E-state index is 13.8. The Balaban J connectivity index is 1.24. The van der Waals surface area contributed by atoms with Gasteiger partial charge in [-0.3, -0.25) is 19.4 Å². The minimum absolute atomic E-state index is 0.149. The smallest absolute Gasteiger partial charge is 0.338 e. The molecule has 45 heavy (non-hydrogen) atoms. The molecule has 2 amide bonds. The average molecular weight is 636 g/mol. The number of hydrogen-bond acceptors (Lipinski definition) is 7. The van der Waals surface area contributed by atoms with E-state index in [1.54, 1.807) is 48.2 Å². The van der Waals surface area contributed by atoms with Crippen LogP contribution in [0.2, 0.25) is 0 Å². The molecule has 12 heteroatoms. The number of carbonyl (C=O) groups is 3. The number of anilines is 3. The number of esters is 1. The molecule has 9 nitrogen and oxygen atoms in total. The van der Waals surface area contributed by atoms with Gasteiger partial charge in [0.15, 0.2) is 5.11 Å². The van der Waals surface area contributed by atoms with Gasteiger partial charge in [-0.2, -0.15) is 0 Å². The number of carbonyl (C=O) groups excluding carboxylic acids is 3. The van der Waals surface area contributed by atoms with Gasteiger partial charge in [-0.15, -0.1) is 0 Å². The zero-order valence-corrected chi connectivity index (χ0v) is 25.8. The Hall–Kier alpha value is -4.42. The monoisotopic (exact) mass is 635 g/mol. The number of rotatable bonds is 11. The summed E-state index contributed by atoms with van der Waals surface area (Å²) in [5.41, 5.74) is 2.26. The van der Waals surface area contributed by atoms with E-state index in [0.29, 0.717) is 29.9 Å². The highest BCUT2D eigenvalue weighted by Gasteiger charge is 2.44. The van der Waals surface area contributed by atoms with Crippen LogP contribution in [0, 0.1) is 11.6 Å². The second-order valence-corrected chi connectivity index (χ2v) is 11.2. The average Bonchev–Trinajstić information content (AvgIpc) is 3.27. The minimum Gasteiger partial charge on any atom is -0.462 e. The number of ether oxygens (including phenoxy) is 1. The summed E-state index contributed by atoms with van der Waals surface area (Å²) in [6, 6.07) is 17.5. The van der Waals surface area contributed by atoms with E-state index >= 15 is 0 Å². The Morgan fingerprint density at radius 3 is 2.09 bits per heavy atom. The second-order valence-electron chi connectivity index (χ2n) is 10.9. The zero-order chi connectivity index (χ0) is 31.9. The number of amides is 2. The maximum Gasteiger partial charge on any atom is 0.338 e. The van der Waals surface area contributed by atoms with Crippen molar-refractivity contribution in [3.8, 4) is 0 Å². The van der Waals surface area contributed by atoms with Gasteiger partial charge in [0.2, 0.25) is 5.91 Å².